The van der Waals surface area contributed by atoms with E-state index in [9.17, 15) is 0 Å². The van der Waals surface area contributed by atoms with Crippen LogP contribution in [0.5, 0.6) is 0 Å². The minimum atomic E-state index is 1.20. The molecule has 0 aromatic heterocycles. The van der Waals surface area contributed by atoms with Crippen molar-refractivity contribution in [2.75, 3.05) is 0 Å². The van der Waals surface area contributed by atoms with Crippen LogP contribution in [0.25, 0.3) is 110 Å². The molecule has 0 aliphatic heterocycles. The summed E-state index contributed by atoms with van der Waals surface area (Å²) in [4.78, 5) is 0. The lowest BCUT2D eigenvalue weighted by atomic mass is 9.84. The second-order valence-corrected chi connectivity index (χ2v) is 15.2. The van der Waals surface area contributed by atoms with E-state index >= 15 is 0 Å². The van der Waals surface area contributed by atoms with Gasteiger partial charge in [0, 0.05) is 0 Å². The molecule has 0 N–H and O–H groups in total. The van der Waals surface area contributed by atoms with Crippen molar-refractivity contribution in [3.8, 4) is 66.8 Å². The summed E-state index contributed by atoms with van der Waals surface area (Å²) in [6.45, 7) is 0. The molecule has 0 spiro atoms. The van der Waals surface area contributed by atoms with Gasteiger partial charge in [-0.15, -0.1) is 0 Å². The molecule has 0 bridgehead atoms. The Labute approximate surface area is 339 Å². The fourth-order valence-corrected chi connectivity index (χ4v) is 9.14. The highest BCUT2D eigenvalue weighted by atomic mass is 14.2. The summed E-state index contributed by atoms with van der Waals surface area (Å²) in [6, 6.07) is 84.6. The van der Waals surface area contributed by atoms with Crippen molar-refractivity contribution < 1.29 is 0 Å². The molecule has 11 aromatic rings. The Morgan fingerprint density at radius 1 is 0.172 bits per heavy atom. The van der Waals surface area contributed by atoms with Gasteiger partial charge in [-0.3, -0.25) is 0 Å². The summed E-state index contributed by atoms with van der Waals surface area (Å²) in [5.41, 5.74) is 14.8. The van der Waals surface area contributed by atoms with E-state index < -0.39 is 0 Å². The van der Waals surface area contributed by atoms with Gasteiger partial charge in [0.1, 0.15) is 0 Å². The van der Waals surface area contributed by atoms with E-state index in [0.717, 1.165) is 0 Å². The van der Waals surface area contributed by atoms with Gasteiger partial charge in [-0.1, -0.05) is 224 Å². The smallest absolute Gasteiger partial charge is 0.00261 e. The van der Waals surface area contributed by atoms with Crippen LogP contribution in [0, 0.1) is 0 Å². The van der Waals surface area contributed by atoms with Crippen LogP contribution in [0.2, 0.25) is 0 Å². The van der Waals surface area contributed by atoms with Gasteiger partial charge in [0.15, 0.2) is 0 Å². The van der Waals surface area contributed by atoms with E-state index in [1.165, 1.54) is 110 Å². The highest BCUT2D eigenvalue weighted by Gasteiger charge is 2.19. The molecule has 0 saturated heterocycles. The Balaban J connectivity index is 1.13. The molecule has 11 rings (SSSR count). The number of benzene rings is 11. The predicted molar refractivity (Wildman–Crippen MR) is 249 cm³/mol. The first kappa shape index (κ1) is 33.8. The first-order valence-electron chi connectivity index (χ1n) is 20.1. The largest absolute Gasteiger partial charge is 0.0622 e. The molecular formula is C58H38. The first-order chi connectivity index (χ1) is 28.8. The molecule has 0 heteroatoms. The van der Waals surface area contributed by atoms with Gasteiger partial charge in [0.2, 0.25) is 0 Å². The molecule has 270 valence electrons. The Morgan fingerprint density at radius 2 is 0.552 bits per heavy atom. The van der Waals surface area contributed by atoms with Crippen molar-refractivity contribution in [2.24, 2.45) is 0 Å². The summed E-state index contributed by atoms with van der Waals surface area (Å²) in [7, 11) is 0. The molecule has 0 saturated carbocycles. The molecule has 0 heterocycles. The van der Waals surface area contributed by atoms with Crippen LogP contribution in [0.4, 0.5) is 0 Å². The number of hydrogen-bond acceptors (Lipinski definition) is 0. The normalized spacial score (nSPS) is 11.4. The molecule has 0 atom stereocenters. The molecule has 0 radical (unpaired) electrons. The monoisotopic (exact) mass is 734 g/mol. The minimum Gasteiger partial charge on any atom is -0.0622 e. The summed E-state index contributed by atoms with van der Waals surface area (Å²) in [5, 5.41) is 10.00. The van der Waals surface area contributed by atoms with Crippen molar-refractivity contribution in [2.45, 2.75) is 0 Å². The van der Waals surface area contributed by atoms with Crippen molar-refractivity contribution in [1.29, 1.82) is 0 Å². The fourth-order valence-electron chi connectivity index (χ4n) is 9.14. The molecule has 11 aromatic carbocycles. The third-order valence-electron chi connectivity index (χ3n) is 11.9. The average Bonchev–Trinajstić information content (AvgIpc) is 3.30. The van der Waals surface area contributed by atoms with E-state index in [1.807, 2.05) is 0 Å². The first-order valence-corrected chi connectivity index (χ1v) is 20.1. The van der Waals surface area contributed by atoms with E-state index in [2.05, 4.69) is 231 Å². The summed E-state index contributed by atoms with van der Waals surface area (Å²) < 4.78 is 0. The minimum absolute atomic E-state index is 1.20. The second-order valence-electron chi connectivity index (χ2n) is 15.2. The topological polar surface area (TPSA) is 0 Å². The van der Waals surface area contributed by atoms with Crippen molar-refractivity contribution in [1.82, 2.24) is 0 Å². The van der Waals surface area contributed by atoms with Gasteiger partial charge in [0.05, 0.1) is 0 Å². The summed E-state index contributed by atoms with van der Waals surface area (Å²) in [5.74, 6) is 0. The fraction of sp³-hybridized carbons (Fsp3) is 0. The third-order valence-corrected chi connectivity index (χ3v) is 11.9. The Hall–Kier alpha value is -7.54. The van der Waals surface area contributed by atoms with Gasteiger partial charge < -0.3 is 0 Å². The Bertz CT molecular complexity index is 3220. The van der Waals surface area contributed by atoms with Crippen LogP contribution in [0.15, 0.2) is 231 Å². The van der Waals surface area contributed by atoms with Crippen LogP contribution < -0.4 is 0 Å². The molecule has 0 fully saturated rings. The van der Waals surface area contributed by atoms with Gasteiger partial charge >= 0.3 is 0 Å². The average molecular weight is 735 g/mol. The zero-order chi connectivity index (χ0) is 38.4. The van der Waals surface area contributed by atoms with E-state index in [4.69, 9.17) is 0 Å². The van der Waals surface area contributed by atoms with Gasteiger partial charge in [-0.2, -0.15) is 0 Å². The van der Waals surface area contributed by atoms with Crippen molar-refractivity contribution in [3.63, 3.8) is 0 Å². The maximum absolute atomic E-state index is 2.45. The van der Waals surface area contributed by atoms with Gasteiger partial charge in [-0.05, 0) is 116 Å². The summed E-state index contributed by atoms with van der Waals surface area (Å²) in [6.07, 6.45) is 0. The third kappa shape index (κ3) is 5.78. The quantitative estimate of drug-likeness (QED) is 0.149. The molecule has 0 unspecified atom stereocenters. The standard InChI is InChI=1S/C58H38/c1-3-14-39(15-4-1)40-26-28-41(29-27-40)42-30-33-46(34-31-42)57-54(49-25-13-19-43-16-7-8-20-48(43)49)37-36-44-32-35-47(38-55(44)57)58-52-23-11-9-21-50(52)56(45-17-5-2-6-18-45)51-22-10-12-24-53(51)58/h1-38H. The van der Waals surface area contributed by atoms with E-state index in [-0.39, 0.29) is 0 Å². The SMILES string of the molecule is c1ccc(-c2ccc(-c3ccc(-c4c(-c5cccc6ccccc56)ccc5ccc(-c6c7ccccc7c(-c7ccccc7)c7ccccc67)cc45)cc3)cc2)cc1. The number of fused-ring (bicyclic) bond motifs is 4. The maximum atomic E-state index is 2.45. The van der Waals surface area contributed by atoms with E-state index in [1.54, 1.807) is 0 Å². The van der Waals surface area contributed by atoms with Crippen LogP contribution in [0.1, 0.15) is 0 Å². The predicted octanol–water partition coefficient (Wildman–Crippen LogP) is 16.3. The van der Waals surface area contributed by atoms with Crippen LogP contribution in [-0.2, 0) is 0 Å². The second kappa shape index (κ2) is 14.2. The molecule has 0 amide bonds. The maximum Gasteiger partial charge on any atom is -0.00261 e. The summed E-state index contributed by atoms with van der Waals surface area (Å²) >= 11 is 0. The van der Waals surface area contributed by atoms with E-state index in [0.29, 0.717) is 0 Å². The van der Waals surface area contributed by atoms with Gasteiger partial charge in [0.25, 0.3) is 0 Å². The highest BCUT2D eigenvalue weighted by Crippen LogP contribution is 2.46. The van der Waals surface area contributed by atoms with Crippen LogP contribution in [0.3, 0.4) is 0 Å². The Morgan fingerprint density at radius 3 is 1.14 bits per heavy atom. The molecular weight excluding hydrogens is 697 g/mol. The van der Waals surface area contributed by atoms with Crippen LogP contribution in [-0.4, -0.2) is 0 Å². The van der Waals surface area contributed by atoms with Gasteiger partial charge in [-0.25, -0.2) is 0 Å². The molecule has 0 nitrogen and oxygen atoms in total. The number of hydrogen-bond donors (Lipinski definition) is 0. The lowest BCUT2D eigenvalue weighted by Gasteiger charge is -2.20. The van der Waals surface area contributed by atoms with Crippen LogP contribution >= 0.6 is 0 Å². The Kier molecular flexibility index (Phi) is 8.26. The zero-order valence-corrected chi connectivity index (χ0v) is 31.9. The lowest BCUT2D eigenvalue weighted by Crippen LogP contribution is -1.93. The van der Waals surface area contributed by atoms with Crippen molar-refractivity contribution >= 4 is 43.1 Å². The number of rotatable bonds is 6. The molecule has 0 aliphatic carbocycles. The van der Waals surface area contributed by atoms with Crippen molar-refractivity contribution in [3.05, 3.63) is 231 Å². The molecule has 58 heavy (non-hydrogen) atoms. The molecule has 0 aliphatic rings. The lowest BCUT2D eigenvalue weighted by molar-refractivity contribution is 1.58. The zero-order valence-electron chi connectivity index (χ0n) is 31.9. The highest BCUT2D eigenvalue weighted by molar-refractivity contribution is 6.22.